The van der Waals surface area contributed by atoms with Gasteiger partial charge in [-0.1, -0.05) is 6.92 Å². The van der Waals surface area contributed by atoms with E-state index in [0.717, 1.165) is 30.2 Å². The van der Waals surface area contributed by atoms with Crippen LogP contribution < -0.4 is 5.32 Å². The number of pyridine rings is 1. The van der Waals surface area contributed by atoms with Crippen LogP contribution in [0.2, 0.25) is 0 Å². The van der Waals surface area contributed by atoms with Crippen molar-refractivity contribution in [1.29, 1.82) is 0 Å². The van der Waals surface area contributed by atoms with Gasteiger partial charge in [-0.3, -0.25) is 4.98 Å². The lowest BCUT2D eigenvalue weighted by atomic mass is 10.3. The Kier molecular flexibility index (Phi) is 3.19. The van der Waals surface area contributed by atoms with Crippen molar-refractivity contribution in [2.24, 2.45) is 0 Å². The van der Waals surface area contributed by atoms with Crippen LogP contribution in [0, 0.1) is 0 Å². The SMILES string of the molecule is CCCn1ccnc1-c1cc(NC)ccn1. The zero-order chi connectivity index (χ0) is 11.4. The number of aromatic nitrogens is 3. The van der Waals surface area contributed by atoms with Crippen LogP contribution in [0.5, 0.6) is 0 Å². The highest BCUT2D eigenvalue weighted by molar-refractivity contribution is 5.57. The first-order valence-electron chi connectivity index (χ1n) is 5.50. The van der Waals surface area contributed by atoms with Crippen LogP contribution in [0.4, 0.5) is 5.69 Å². The van der Waals surface area contributed by atoms with Crippen molar-refractivity contribution in [3.05, 3.63) is 30.7 Å². The fourth-order valence-electron chi connectivity index (χ4n) is 1.67. The van der Waals surface area contributed by atoms with Gasteiger partial charge in [-0.25, -0.2) is 4.98 Å². The van der Waals surface area contributed by atoms with E-state index < -0.39 is 0 Å². The minimum atomic E-state index is 0.908. The Morgan fingerprint density at radius 2 is 2.19 bits per heavy atom. The molecule has 16 heavy (non-hydrogen) atoms. The molecule has 0 atom stereocenters. The topological polar surface area (TPSA) is 42.7 Å². The van der Waals surface area contributed by atoms with Gasteiger partial charge in [-0.15, -0.1) is 0 Å². The second-order valence-corrected chi connectivity index (χ2v) is 3.62. The minimum absolute atomic E-state index is 0.908. The monoisotopic (exact) mass is 216 g/mol. The third kappa shape index (κ3) is 2.05. The average molecular weight is 216 g/mol. The molecule has 0 aliphatic rings. The third-order valence-electron chi connectivity index (χ3n) is 2.46. The molecule has 0 fully saturated rings. The van der Waals surface area contributed by atoms with Gasteiger partial charge >= 0.3 is 0 Å². The predicted octanol–water partition coefficient (Wildman–Crippen LogP) is 2.40. The lowest BCUT2D eigenvalue weighted by Gasteiger charge is -2.06. The first-order valence-corrected chi connectivity index (χ1v) is 5.50. The van der Waals surface area contributed by atoms with E-state index in [4.69, 9.17) is 0 Å². The van der Waals surface area contributed by atoms with Crippen molar-refractivity contribution in [2.45, 2.75) is 19.9 Å². The Balaban J connectivity index is 2.37. The summed E-state index contributed by atoms with van der Waals surface area (Å²) in [5.41, 5.74) is 1.96. The number of imidazole rings is 1. The van der Waals surface area contributed by atoms with Crippen LogP contribution in [0.15, 0.2) is 30.7 Å². The maximum absolute atomic E-state index is 4.35. The van der Waals surface area contributed by atoms with Crippen LogP contribution in [0.3, 0.4) is 0 Å². The summed E-state index contributed by atoms with van der Waals surface area (Å²) < 4.78 is 2.13. The molecule has 0 spiro atoms. The summed E-state index contributed by atoms with van der Waals surface area (Å²) >= 11 is 0. The van der Waals surface area contributed by atoms with E-state index in [1.807, 2.05) is 31.6 Å². The lowest BCUT2D eigenvalue weighted by molar-refractivity contribution is 0.684. The van der Waals surface area contributed by atoms with E-state index >= 15 is 0 Å². The number of nitrogens with zero attached hydrogens (tertiary/aromatic N) is 3. The van der Waals surface area contributed by atoms with Gasteiger partial charge < -0.3 is 9.88 Å². The van der Waals surface area contributed by atoms with E-state index in [1.165, 1.54) is 0 Å². The first-order chi connectivity index (χ1) is 7.85. The molecule has 0 aliphatic heterocycles. The Bertz CT molecular complexity index is 462. The molecule has 4 nitrogen and oxygen atoms in total. The Labute approximate surface area is 95.4 Å². The quantitative estimate of drug-likeness (QED) is 0.853. The minimum Gasteiger partial charge on any atom is -0.388 e. The van der Waals surface area contributed by atoms with Gasteiger partial charge in [0.1, 0.15) is 5.69 Å². The summed E-state index contributed by atoms with van der Waals surface area (Å²) in [6, 6.07) is 3.95. The van der Waals surface area contributed by atoms with E-state index in [-0.39, 0.29) is 0 Å². The van der Waals surface area contributed by atoms with Gasteiger partial charge in [0.05, 0.1) is 0 Å². The number of anilines is 1. The molecular formula is C12H16N4. The van der Waals surface area contributed by atoms with Gasteiger partial charge in [-0.2, -0.15) is 0 Å². The van der Waals surface area contributed by atoms with Gasteiger partial charge in [0.2, 0.25) is 0 Å². The zero-order valence-corrected chi connectivity index (χ0v) is 9.64. The van der Waals surface area contributed by atoms with Crippen molar-refractivity contribution in [3.63, 3.8) is 0 Å². The summed E-state index contributed by atoms with van der Waals surface area (Å²) in [7, 11) is 1.90. The molecule has 4 heteroatoms. The maximum atomic E-state index is 4.35. The number of nitrogens with one attached hydrogen (secondary N) is 1. The van der Waals surface area contributed by atoms with E-state index in [1.54, 1.807) is 6.20 Å². The fourth-order valence-corrected chi connectivity index (χ4v) is 1.67. The summed E-state index contributed by atoms with van der Waals surface area (Å²) in [5.74, 6) is 0.930. The Morgan fingerprint density at radius 1 is 1.31 bits per heavy atom. The largest absolute Gasteiger partial charge is 0.388 e. The van der Waals surface area contributed by atoms with Crippen LogP contribution in [-0.4, -0.2) is 21.6 Å². The number of hydrogen-bond donors (Lipinski definition) is 1. The average Bonchev–Trinajstić information content (AvgIpc) is 2.78. The molecule has 0 aliphatic carbocycles. The number of hydrogen-bond acceptors (Lipinski definition) is 3. The van der Waals surface area contributed by atoms with Crippen molar-refractivity contribution in [3.8, 4) is 11.5 Å². The molecule has 0 bridgehead atoms. The Hall–Kier alpha value is -1.84. The highest BCUT2D eigenvalue weighted by atomic mass is 15.1. The summed E-state index contributed by atoms with van der Waals surface area (Å²) in [4.78, 5) is 8.70. The van der Waals surface area contributed by atoms with Crippen LogP contribution in [0.1, 0.15) is 13.3 Å². The summed E-state index contributed by atoms with van der Waals surface area (Å²) in [6.45, 7) is 3.13. The summed E-state index contributed by atoms with van der Waals surface area (Å²) in [5, 5.41) is 3.10. The van der Waals surface area contributed by atoms with E-state index in [9.17, 15) is 0 Å². The molecule has 2 aromatic heterocycles. The predicted molar refractivity (Wildman–Crippen MR) is 65.3 cm³/mol. The van der Waals surface area contributed by atoms with Crippen molar-refractivity contribution >= 4 is 5.69 Å². The number of aryl methyl sites for hydroxylation is 1. The molecule has 0 unspecified atom stereocenters. The lowest BCUT2D eigenvalue weighted by Crippen LogP contribution is -2.00. The smallest absolute Gasteiger partial charge is 0.158 e. The van der Waals surface area contributed by atoms with Crippen LogP contribution in [-0.2, 0) is 6.54 Å². The molecule has 2 rings (SSSR count). The van der Waals surface area contributed by atoms with E-state index in [0.29, 0.717) is 0 Å². The standard InChI is InChI=1S/C12H16N4/c1-3-7-16-8-6-15-12(16)11-9-10(13-2)4-5-14-11/h4-6,8-9H,3,7H2,1-2H3,(H,13,14). The van der Waals surface area contributed by atoms with Crippen molar-refractivity contribution in [1.82, 2.24) is 14.5 Å². The van der Waals surface area contributed by atoms with Crippen molar-refractivity contribution < 1.29 is 0 Å². The highest BCUT2D eigenvalue weighted by Gasteiger charge is 2.06. The van der Waals surface area contributed by atoms with Crippen LogP contribution in [0.25, 0.3) is 11.5 Å². The van der Waals surface area contributed by atoms with E-state index in [2.05, 4.69) is 26.8 Å². The van der Waals surface area contributed by atoms with Gasteiger partial charge in [0.25, 0.3) is 0 Å². The first kappa shape index (κ1) is 10.7. The molecule has 2 aromatic rings. The van der Waals surface area contributed by atoms with Gasteiger partial charge in [0, 0.05) is 37.9 Å². The molecule has 0 saturated carbocycles. The molecule has 0 amide bonds. The molecule has 1 N–H and O–H groups in total. The molecule has 0 aromatic carbocycles. The van der Waals surface area contributed by atoms with Crippen molar-refractivity contribution in [2.75, 3.05) is 12.4 Å². The zero-order valence-electron chi connectivity index (χ0n) is 9.64. The van der Waals surface area contributed by atoms with Gasteiger partial charge in [0.15, 0.2) is 5.82 Å². The molecule has 0 radical (unpaired) electrons. The normalized spacial score (nSPS) is 10.4. The fraction of sp³-hybridized carbons (Fsp3) is 0.333. The summed E-state index contributed by atoms with van der Waals surface area (Å²) in [6.07, 6.45) is 6.70. The molecular weight excluding hydrogens is 200 g/mol. The second kappa shape index (κ2) is 4.79. The molecule has 2 heterocycles. The molecule has 84 valence electrons. The number of rotatable bonds is 4. The molecule has 0 saturated heterocycles. The highest BCUT2D eigenvalue weighted by Crippen LogP contribution is 2.18. The maximum Gasteiger partial charge on any atom is 0.158 e. The second-order valence-electron chi connectivity index (χ2n) is 3.62. The van der Waals surface area contributed by atoms with Gasteiger partial charge in [-0.05, 0) is 18.6 Å². The third-order valence-corrected chi connectivity index (χ3v) is 2.46. The Morgan fingerprint density at radius 3 is 2.94 bits per heavy atom. The van der Waals surface area contributed by atoms with Crippen LogP contribution >= 0.6 is 0 Å².